The lowest BCUT2D eigenvalue weighted by atomic mass is 10.2. The normalized spacial score (nSPS) is 10.7. The highest BCUT2D eigenvalue weighted by atomic mass is 79.9. The Kier molecular flexibility index (Phi) is 4.95. The zero-order valence-electron chi connectivity index (χ0n) is 10.8. The summed E-state index contributed by atoms with van der Waals surface area (Å²) in [5, 5.41) is 3.79. The molecule has 104 valence electrons. The first-order chi connectivity index (χ1) is 9.65. The zero-order valence-corrected chi connectivity index (χ0v) is 12.4. The van der Waals surface area contributed by atoms with Crippen LogP contribution in [-0.2, 0) is 4.79 Å². The maximum absolute atomic E-state index is 11.5. The van der Waals surface area contributed by atoms with Crippen molar-refractivity contribution in [1.29, 1.82) is 0 Å². The van der Waals surface area contributed by atoms with Crippen molar-refractivity contribution in [2.75, 3.05) is 6.61 Å². The van der Waals surface area contributed by atoms with Gasteiger partial charge in [0.25, 0.3) is 5.91 Å². The van der Waals surface area contributed by atoms with Gasteiger partial charge in [-0.2, -0.15) is 5.10 Å². The molecule has 5 nitrogen and oxygen atoms in total. The van der Waals surface area contributed by atoms with Crippen molar-refractivity contribution < 1.29 is 13.9 Å². The van der Waals surface area contributed by atoms with Gasteiger partial charge in [-0.05, 0) is 36.8 Å². The maximum Gasteiger partial charge on any atom is 0.277 e. The van der Waals surface area contributed by atoms with Gasteiger partial charge >= 0.3 is 0 Å². The van der Waals surface area contributed by atoms with Crippen molar-refractivity contribution in [2.45, 2.75) is 6.92 Å². The molecule has 0 atom stereocenters. The van der Waals surface area contributed by atoms with Crippen molar-refractivity contribution in [2.24, 2.45) is 5.10 Å². The number of benzene rings is 1. The SMILES string of the molecule is Cc1cc(OCC(=O)NN=Cc2ccoc2)ccc1Br. The first-order valence-corrected chi connectivity index (χ1v) is 6.67. The minimum atomic E-state index is -0.328. The third-order valence-corrected chi connectivity index (χ3v) is 3.34. The molecule has 0 saturated carbocycles. The summed E-state index contributed by atoms with van der Waals surface area (Å²) in [4.78, 5) is 11.5. The number of hydrogen-bond donors (Lipinski definition) is 1. The van der Waals surface area contributed by atoms with E-state index in [0.717, 1.165) is 15.6 Å². The standard InChI is InChI=1S/C14H13BrN2O3/c1-10-6-12(2-3-13(10)15)20-9-14(18)17-16-7-11-4-5-19-8-11/h2-8H,9H2,1H3,(H,17,18). The fourth-order valence-corrected chi connectivity index (χ4v) is 1.66. The van der Waals surface area contributed by atoms with E-state index in [-0.39, 0.29) is 12.5 Å². The van der Waals surface area contributed by atoms with Crippen LogP contribution in [0, 0.1) is 6.92 Å². The van der Waals surface area contributed by atoms with Gasteiger partial charge in [-0.25, -0.2) is 5.43 Å². The first kappa shape index (κ1) is 14.3. The molecule has 6 heteroatoms. The Morgan fingerprint density at radius 3 is 3.05 bits per heavy atom. The highest BCUT2D eigenvalue weighted by Gasteiger charge is 2.03. The van der Waals surface area contributed by atoms with Gasteiger partial charge in [0.15, 0.2) is 6.61 Å². The molecule has 0 bridgehead atoms. The number of aryl methyl sites for hydroxylation is 1. The predicted octanol–water partition coefficient (Wildman–Crippen LogP) is 2.88. The third kappa shape index (κ3) is 4.24. The monoisotopic (exact) mass is 336 g/mol. The number of nitrogens with one attached hydrogen (secondary N) is 1. The minimum absolute atomic E-state index is 0.0935. The van der Waals surface area contributed by atoms with E-state index in [1.807, 2.05) is 19.1 Å². The number of nitrogens with zero attached hydrogens (tertiary/aromatic N) is 1. The van der Waals surface area contributed by atoms with Gasteiger partial charge in [0.05, 0.1) is 18.7 Å². The van der Waals surface area contributed by atoms with Crippen LogP contribution in [0.5, 0.6) is 5.75 Å². The quantitative estimate of drug-likeness (QED) is 0.674. The fraction of sp³-hybridized carbons (Fsp3) is 0.143. The number of rotatable bonds is 5. The van der Waals surface area contributed by atoms with Crippen molar-refractivity contribution >= 4 is 28.1 Å². The van der Waals surface area contributed by atoms with Crippen LogP contribution in [0.2, 0.25) is 0 Å². The Hall–Kier alpha value is -2.08. The second-order valence-corrected chi connectivity index (χ2v) is 4.90. The van der Waals surface area contributed by atoms with E-state index in [1.165, 1.54) is 18.7 Å². The molecule has 1 amide bonds. The van der Waals surface area contributed by atoms with Crippen molar-refractivity contribution in [1.82, 2.24) is 5.43 Å². The molecule has 0 unspecified atom stereocenters. The number of amides is 1. The largest absolute Gasteiger partial charge is 0.484 e. The van der Waals surface area contributed by atoms with E-state index in [0.29, 0.717) is 5.75 Å². The van der Waals surface area contributed by atoms with Gasteiger partial charge in [-0.1, -0.05) is 15.9 Å². The van der Waals surface area contributed by atoms with Crippen LogP contribution in [0.25, 0.3) is 0 Å². The molecule has 0 aliphatic rings. The van der Waals surface area contributed by atoms with Crippen molar-refractivity contribution in [3.05, 3.63) is 52.4 Å². The van der Waals surface area contributed by atoms with Gasteiger partial charge in [0.1, 0.15) is 5.75 Å². The second kappa shape index (κ2) is 6.91. The Balaban J connectivity index is 1.78. The molecule has 1 heterocycles. The molecular formula is C14H13BrN2O3. The van der Waals surface area contributed by atoms with E-state index >= 15 is 0 Å². The predicted molar refractivity (Wildman–Crippen MR) is 78.8 cm³/mol. The number of carbonyl (C=O) groups excluding carboxylic acids is 1. The smallest absolute Gasteiger partial charge is 0.277 e. The van der Waals surface area contributed by atoms with E-state index in [1.54, 1.807) is 12.1 Å². The van der Waals surface area contributed by atoms with Crippen LogP contribution in [0.15, 0.2) is 50.8 Å². The number of furan rings is 1. The maximum atomic E-state index is 11.5. The molecule has 2 aromatic rings. The van der Waals surface area contributed by atoms with Crippen LogP contribution >= 0.6 is 15.9 Å². The summed E-state index contributed by atoms with van der Waals surface area (Å²) in [5.74, 6) is 0.310. The molecule has 20 heavy (non-hydrogen) atoms. The molecule has 0 radical (unpaired) electrons. The number of ether oxygens (including phenoxy) is 1. The average Bonchev–Trinajstić information content (AvgIpc) is 2.93. The minimum Gasteiger partial charge on any atom is -0.484 e. The van der Waals surface area contributed by atoms with Gasteiger partial charge < -0.3 is 9.15 Å². The van der Waals surface area contributed by atoms with Crippen LogP contribution in [0.1, 0.15) is 11.1 Å². The summed E-state index contributed by atoms with van der Waals surface area (Å²) in [5.41, 5.74) is 4.19. The van der Waals surface area contributed by atoms with E-state index in [4.69, 9.17) is 9.15 Å². The van der Waals surface area contributed by atoms with Crippen LogP contribution in [0.4, 0.5) is 0 Å². The molecular weight excluding hydrogens is 324 g/mol. The zero-order chi connectivity index (χ0) is 14.4. The number of hydrogen-bond acceptors (Lipinski definition) is 4. The van der Waals surface area contributed by atoms with Gasteiger partial charge in [-0.3, -0.25) is 4.79 Å². The summed E-state index contributed by atoms with van der Waals surface area (Å²) in [6.45, 7) is 1.86. The number of hydrazone groups is 1. The average molecular weight is 337 g/mol. The first-order valence-electron chi connectivity index (χ1n) is 5.88. The van der Waals surface area contributed by atoms with Gasteiger partial charge in [0.2, 0.25) is 0 Å². The highest BCUT2D eigenvalue weighted by molar-refractivity contribution is 9.10. The molecule has 1 aromatic carbocycles. The highest BCUT2D eigenvalue weighted by Crippen LogP contribution is 2.21. The Labute approximate surface area is 124 Å². The van der Waals surface area contributed by atoms with E-state index in [2.05, 4.69) is 26.5 Å². The summed E-state index contributed by atoms with van der Waals surface area (Å²) >= 11 is 3.40. The molecule has 0 spiro atoms. The van der Waals surface area contributed by atoms with Gasteiger partial charge in [-0.15, -0.1) is 0 Å². The lowest BCUT2D eigenvalue weighted by Crippen LogP contribution is -2.24. The third-order valence-electron chi connectivity index (χ3n) is 2.45. The lowest BCUT2D eigenvalue weighted by Gasteiger charge is -2.06. The van der Waals surface area contributed by atoms with Crippen LogP contribution in [-0.4, -0.2) is 18.7 Å². The summed E-state index contributed by atoms with van der Waals surface area (Å²) < 4.78 is 11.2. The molecule has 1 N–H and O–H groups in total. The molecule has 0 fully saturated rings. The molecule has 0 aliphatic carbocycles. The van der Waals surface area contributed by atoms with Gasteiger partial charge in [0, 0.05) is 10.0 Å². The van der Waals surface area contributed by atoms with Crippen molar-refractivity contribution in [3.63, 3.8) is 0 Å². The summed E-state index contributed by atoms with van der Waals surface area (Å²) in [6.07, 6.45) is 4.55. The topological polar surface area (TPSA) is 63.8 Å². The molecule has 1 aromatic heterocycles. The summed E-state index contributed by atoms with van der Waals surface area (Å²) in [6, 6.07) is 7.25. The molecule has 0 saturated heterocycles. The van der Waals surface area contributed by atoms with Crippen molar-refractivity contribution in [3.8, 4) is 5.75 Å². The van der Waals surface area contributed by atoms with E-state index < -0.39 is 0 Å². The van der Waals surface area contributed by atoms with E-state index in [9.17, 15) is 4.79 Å². The van der Waals surface area contributed by atoms with Crippen LogP contribution in [0.3, 0.4) is 0 Å². The Bertz CT molecular complexity index is 609. The lowest BCUT2D eigenvalue weighted by molar-refractivity contribution is -0.123. The molecule has 2 rings (SSSR count). The number of carbonyl (C=O) groups is 1. The van der Waals surface area contributed by atoms with Crippen LogP contribution < -0.4 is 10.2 Å². The Morgan fingerprint density at radius 2 is 2.35 bits per heavy atom. The summed E-state index contributed by atoms with van der Waals surface area (Å²) in [7, 11) is 0. The second-order valence-electron chi connectivity index (χ2n) is 4.05. The fourth-order valence-electron chi connectivity index (χ4n) is 1.42. The molecule has 0 aliphatic heterocycles. The Morgan fingerprint density at radius 1 is 1.50 bits per heavy atom. The number of halogens is 1.